The van der Waals surface area contributed by atoms with Crippen molar-refractivity contribution in [1.29, 1.82) is 5.26 Å². The number of fused-ring (bicyclic) bond motifs is 8. The summed E-state index contributed by atoms with van der Waals surface area (Å²) >= 11 is 3.66. The Morgan fingerprint density at radius 3 is 1.88 bits per heavy atom. The smallest absolute Gasteiger partial charge is 0.150 e. The number of pyridine rings is 4. The second kappa shape index (κ2) is 10.3. The van der Waals surface area contributed by atoms with Crippen molar-refractivity contribution in [1.82, 2.24) is 19.9 Å². The molecule has 4 aliphatic rings. The fourth-order valence-corrected chi connectivity index (χ4v) is 6.51. The van der Waals surface area contributed by atoms with Crippen LogP contribution in [0.1, 0.15) is 29.8 Å². The Labute approximate surface area is 247 Å². The predicted molar refractivity (Wildman–Crippen MR) is 165 cm³/mol. The van der Waals surface area contributed by atoms with Gasteiger partial charge in [0.25, 0.3) is 0 Å². The lowest BCUT2D eigenvalue weighted by atomic mass is 10.1. The summed E-state index contributed by atoms with van der Waals surface area (Å²) in [6.45, 7) is 8.18. The van der Waals surface area contributed by atoms with Crippen LogP contribution in [0.5, 0.6) is 0 Å². The fourth-order valence-electron chi connectivity index (χ4n) is 5.98. The number of nitrogens with zero attached hydrogens (tertiary/aromatic N) is 7. The van der Waals surface area contributed by atoms with Gasteiger partial charge in [0.05, 0.1) is 28.3 Å². The first kappa shape index (κ1) is 25.7. The van der Waals surface area contributed by atoms with E-state index in [0.717, 1.165) is 82.6 Å². The van der Waals surface area contributed by atoms with Crippen LogP contribution in [0.25, 0.3) is 22.5 Å². The highest BCUT2D eigenvalue weighted by Gasteiger charge is 2.32. The first-order valence-corrected chi connectivity index (χ1v) is 14.8. The number of halogens is 1. The van der Waals surface area contributed by atoms with Gasteiger partial charge < -0.3 is 20.4 Å². The molecule has 2 fully saturated rings. The third kappa shape index (κ3) is 4.84. The van der Waals surface area contributed by atoms with Crippen LogP contribution in [0.15, 0.2) is 53.3 Å². The SMILES string of the molecule is Cc1ccc(-c2nc3c(cc2Br)N2CC[C@@H](C2)N3)cn1.Cc1ccc(-c2nc3c(cc2C#N)N2CC[C@@H](C2)N3)cn1. The van der Waals surface area contributed by atoms with Crippen molar-refractivity contribution in [3.05, 3.63) is 70.2 Å². The van der Waals surface area contributed by atoms with E-state index in [1.54, 1.807) is 6.20 Å². The molecule has 0 spiro atoms. The number of anilines is 4. The second-order valence-corrected chi connectivity index (χ2v) is 11.9. The maximum absolute atomic E-state index is 9.46. The van der Waals surface area contributed by atoms with Crippen molar-refractivity contribution in [2.75, 3.05) is 46.6 Å². The van der Waals surface area contributed by atoms with Gasteiger partial charge in [-0.2, -0.15) is 5.26 Å². The molecule has 206 valence electrons. The summed E-state index contributed by atoms with van der Waals surface area (Å²) in [6, 6.07) is 15.4. The highest BCUT2D eigenvalue weighted by atomic mass is 79.9. The van der Waals surface area contributed by atoms with Crippen molar-refractivity contribution in [3.8, 4) is 28.6 Å². The zero-order valence-electron chi connectivity index (χ0n) is 23.0. The van der Waals surface area contributed by atoms with Crippen LogP contribution >= 0.6 is 15.9 Å². The summed E-state index contributed by atoms with van der Waals surface area (Å²) in [5.41, 5.74) is 8.41. The molecule has 4 aromatic heterocycles. The topological polar surface area (TPSA) is 106 Å². The number of aromatic nitrogens is 4. The van der Waals surface area contributed by atoms with Crippen LogP contribution in [0.4, 0.5) is 23.0 Å². The van der Waals surface area contributed by atoms with Gasteiger partial charge in [-0.15, -0.1) is 0 Å². The van der Waals surface area contributed by atoms with Gasteiger partial charge in [-0.05, 0) is 79.0 Å². The molecule has 0 aromatic carbocycles. The summed E-state index contributed by atoms with van der Waals surface area (Å²) < 4.78 is 1.02. The van der Waals surface area contributed by atoms with Crippen molar-refractivity contribution < 1.29 is 0 Å². The number of hydrogen-bond acceptors (Lipinski definition) is 9. The summed E-state index contributed by atoms with van der Waals surface area (Å²) in [4.78, 5) is 22.9. The van der Waals surface area contributed by atoms with Crippen molar-refractivity contribution in [2.24, 2.45) is 0 Å². The van der Waals surface area contributed by atoms with E-state index < -0.39 is 0 Å². The molecule has 0 saturated carbocycles. The Morgan fingerprint density at radius 1 is 0.805 bits per heavy atom. The highest BCUT2D eigenvalue weighted by molar-refractivity contribution is 9.10. The van der Waals surface area contributed by atoms with E-state index in [-0.39, 0.29) is 0 Å². The predicted octanol–water partition coefficient (Wildman–Crippen LogP) is 5.55. The molecule has 2 saturated heterocycles. The van der Waals surface area contributed by atoms with Crippen LogP contribution < -0.4 is 20.4 Å². The quantitative estimate of drug-likeness (QED) is 0.303. The molecule has 0 aliphatic carbocycles. The number of hydrogen-bond donors (Lipinski definition) is 2. The molecule has 8 heterocycles. The Kier molecular flexibility index (Phi) is 6.47. The van der Waals surface area contributed by atoms with Crippen molar-refractivity contribution >= 4 is 38.9 Å². The van der Waals surface area contributed by atoms with E-state index >= 15 is 0 Å². The summed E-state index contributed by atoms with van der Waals surface area (Å²) in [5, 5.41) is 16.5. The third-order valence-electron chi connectivity index (χ3n) is 8.19. The van der Waals surface area contributed by atoms with Crippen molar-refractivity contribution in [3.63, 3.8) is 0 Å². The minimum absolute atomic E-state index is 0.474. The number of nitriles is 1. The monoisotopic (exact) mass is 607 g/mol. The van der Waals surface area contributed by atoms with Crippen LogP contribution in [-0.2, 0) is 0 Å². The summed E-state index contributed by atoms with van der Waals surface area (Å²) in [7, 11) is 0. The summed E-state index contributed by atoms with van der Waals surface area (Å²) in [5.74, 6) is 1.89. The minimum Gasteiger partial charge on any atom is -0.366 e. The average molecular weight is 609 g/mol. The summed E-state index contributed by atoms with van der Waals surface area (Å²) in [6.07, 6.45) is 5.98. The van der Waals surface area contributed by atoms with Gasteiger partial charge in [0, 0.05) is 77.6 Å². The Morgan fingerprint density at radius 2 is 1.34 bits per heavy atom. The number of aryl methyl sites for hydroxylation is 2. The molecule has 2 N–H and O–H groups in total. The Bertz CT molecular complexity index is 1660. The second-order valence-electron chi connectivity index (χ2n) is 11.1. The molecule has 2 atom stereocenters. The number of nitrogens with one attached hydrogen (secondary N) is 2. The van der Waals surface area contributed by atoms with E-state index in [9.17, 15) is 5.26 Å². The maximum atomic E-state index is 9.46. The Balaban J connectivity index is 0.000000135. The van der Waals surface area contributed by atoms with Gasteiger partial charge in [-0.3, -0.25) is 9.97 Å². The minimum atomic E-state index is 0.474. The van der Waals surface area contributed by atoms with E-state index in [4.69, 9.17) is 9.97 Å². The molecule has 0 unspecified atom stereocenters. The largest absolute Gasteiger partial charge is 0.366 e. The zero-order chi connectivity index (χ0) is 28.1. The first-order valence-electron chi connectivity index (χ1n) is 14.0. The molecule has 10 heteroatoms. The molecule has 0 radical (unpaired) electrons. The molecule has 8 rings (SSSR count). The molecule has 4 aliphatic heterocycles. The van der Waals surface area contributed by atoms with Gasteiger partial charge >= 0.3 is 0 Å². The average Bonchev–Trinajstić information content (AvgIpc) is 3.57. The van der Waals surface area contributed by atoms with Gasteiger partial charge in [-0.25, -0.2) is 9.97 Å². The van der Waals surface area contributed by atoms with Gasteiger partial charge in [0.1, 0.15) is 6.07 Å². The van der Waals surface area contributed by atoms with Gasteiger partial charge in [0.15, 0.2) is 11.6 Å². The van der Waals surface area contributed by atoms with Crippen LogP contribution in [-0.4, -0.2) is 58.2 Å². The lowest BCUT2D eigenvalue weighted by molar-refractivity contribution is 0.788. The van der Waals surface area contributed by atoms with Crippen molar-refractivity contribution in [2.45, 2.75) is 38.8 Å². The van der Waals surface area contributed by atoms with E-state index in [2.05, 4.69) is 64.5 Å². The van der Waals surface area contributed by atoms with E-state index in [1.807, 2.05) is 44.3 Å². The standard InChI is InChI=1S/C16H15N5.C15H15BrN4/c1-10-2-3-11(8-18-10)15-12(7-17)6-14-16(20-15)19-13-4-5-21(14)9-13;1-9-2-3-10(7-17-9)14-12(16)6-13-15(19-14)18-11-4-5-20(13)8-11/h2-3,6,8,13H,4-5,9H2,1H3,(H,19,20);2-3,6-7,11H,4-5,8H2,1H3,(H,18,19)/t13-;11-/m00/s1. The van der Waals surface area contributed by atoms with Gasteiger partial charge in [-0.1, -0.05) is 0 Å². The molecule has 0 amide bonds. The van der Waals surface area contributed by atoms with Crippen LogP contribution in [0.3, 0.4) is 0 Å². The number of rotatable bonds is 2. The molecule has 41 heavy (non-hydrogen) atoms. The molecular weight excluding hydrogens is 578 g/mol. The first-order chi connectivity index (χ1) is 19.9. The fraction of sp³-hybridized carbons (Fsp3) is 0.323. The lowest BCUT2D eigenvalue weighted by Crippen LogP contribution is -2.32. The zero-order valence-corrected chi connectivity index (χ0v) is 24.6. The maximum Gasteiger partial charge on any atom is 0.150 e. The van der Waals surface area contributed by atoms with Crippen LogP contribution in [0, 0.1) is 25.2 Å². The highest BCUT2D eigenvalue weighted by Crippen LogP contribution is 2.40. The molecule has 4 aromatic rings. The lowest BCUT2D eigenvalue weighted by Gasteiger charge is -2.28. The Hall–Kier alpha value is -4.23. The van der Waals surface area contributed by atoms with Gasteiger partial charge in [0.2, 0.25) is 0 Å². The molecule has 4 bridgehead atoms. The van der Waals surface area contributed by atoms with E-state index in [0.29, 0.717) is 23.3 Å². The van der Waals surface area contributed by atoms with E-state index in [1.165, 1.54) is 12.1 Å². The third-order valence-corrected chi connectivity index (χ3v) is 8.79. The molecule has 9 nitrogen and oxygen atoms in total. The normalized spacial score (nSPS) is 19.3. The van der Waals surface area contributed by atoms with Crippen LogP contribution in [0.2, 0.25) is 0 Å². The molecular formula is C31H30BrN9.